The van der Waals surface area contributed by atoms with Gasteiger partial charge in [0.25, 0.3) is 5.91 Å². The second-order valence-corrected chi connectivity index (χ2v) is 7.17. The molecule has 1 atom stereocenters. The van der Waals surface area contributed by atoms with E-state index in [0.29, 0.717) is 57.5 Å². The minimum atomic E-state index is -0.714. The first-order chi connectivity index (χ1) is 14.0. The predicted molar refractivity (Wildman–Crippen MR) is 107 cm³/mol. The number of nitrogens with zero attached hydrogens (tertiary/aromatic N) is 1. The Hall–Kier alpha value is -2.48. The molecule has 7 nitrogen and oxygen atoms in total. The Kier molecular flexibility index (Phi) is 9.05. The van der Waals surface area contributed by atoms with E-state index in [1.54, 1.807) is 12.0 Å². The van der Waals surface area contributed by atoms with Crippen LogP contribution >= 0.6 is 0 Å². The van der Waals surface area contributed by atoms with Crippen LogP contribution in [0.3, 0.4) is 0 Å². The van der Waals surface area contributed by atoms with Crippen LogP contribution in [0, 0.1) is 11.7 Å². The third-order valence-electron chi connectivity index (χ3n) is 5.17. The van der Waals surface area contributed by atoms with Gasteiger partial charge in [-0.05, 0) is 49.4 Å². The molecule has 0 unspecified atom stereocenters. The van der Waals surface area contributed by atoms with Gasteiger partial charge < -0.3 is 20.3 Å². The quantitative estimate of drug-likeness (QED) is 0.611. The number of ether oxygens (including phenoxy) is 1. The number of benzene rings is 1. The molecule has 160 valence electrons. The van der Waals surface area contributed by atoms with Gasteiger partial charge in [0.1, 0.15) is 11.9 Å². The second kappa shape index (κ2) is 11.5. The Morgan fingerprint density at radius 3 is 2.45 bits per heavy atom. The molecule has 2 N–H and O–H groups in total. The lowest BCUT2D eigenvalue weighted by molar-refractivity contribution is -0.132. The number of halogens is 1. The first kappa shape index (κ1) is 22.8. The van der Waals surface area contributed by atoms with Crippen molar-refractivity contribution in [1.82, 2.24) is 15.5 Å². The van der Waals surface area contributed by atoms with Crippen molar-refractivity contribution in [3.8, 4) is 0 Å². The molecule has 0 spiro atoms. The predicted octanol–water partition coefficient (Wildman–Crippen LogP) is 1.73. The summed E-state index contributed by atoms with van der Waals surface area (Å²) in [6.45, 7) is 3.94. The maximum atomic E-state index is 13.1. The summed E-state index contributed by atoms with van der Waals surface area (Å²) in [5.74, 6) is -1.09. The molecule has 1 fully saturated rings. The minimum absolute atomic E-state index is 0.0808. The van der Waals surface area contributed by atoms with Gasteiger partial charge in [0.2, 0.25) is 11.8 Å². The molecule has 0 bridgehead atoms. The zero-order chi connectivity index (χ0) is 21.2. The van der Waals surface area contributed by atoms with E-state index in [-0.39, 0.29) is 17.7 Å². The molecule has 1 aromatic carbocycles. The van der Waals surface area contributed by atoms with Gasteiger partial charge in [0.15, 0.2) is 0 Å². The number of piperidine rings is 1. The van der Waals surface area contributed by atoms with Crippen LogP contribution in [-0.4, -0.2) is 62.0 Å². The van der Waals surface area contributed by atoms with Crippen molar-refractivity contribution >= 4 is 17.7 Å². The topological polar surface area (TPSA) is 87.7 Å². The van der Waals surface area contributed by atoms with E-state index in [0.717, 1.165) is 0 Å². The largest absolute Gasteiger partial charge is 0.385 e. The number of amides is 3. The lowest BCUT2D eigenvalue weighted by atomic mass is 9.88. The number of hydrogen-bond donors (Lipinski definition) is 2. The summed E-state index contributed by atoms with van der Waals surface area (Å²) in [4.78, 5) is 39.1. The fourth-order valence-electron chi connectivity index (χ4n) is 3.47. The van der Waals surface area contributed by atoms with Gasteiger partial charge in [0.05, 0.1) is 0 Å². The molecule has 1 aliphatic rings. The minimum Gasteiger partial charge on any atom is -0.385 e. The Morgan fingerprint density at radius 2 is 1.86 bits per heavy atom. The van der Waals surface area contributed by atoms with Crippen LogP contribution in [0.25, 0.3) is 0 Å². The fourth-order valence-corrected chi connectivity index (χ4v) is 3.47. The van der Waals surface area contributed by atoms with Gasteiger partial charge in [-0.3, -0.25) is 14.4 Å². The third-order valence-corrected chi connectivity index (χ3v) is 5.17. The van der Waals surface area contributed by atoms with Crippen LogP contribution in [0.1, 0.15) is 43.0 Å². The summed E-state index contributed by atoms with van der Waals surface area (Å²) >= 11 is 0. The molecule has 0 aromatic heterocycles. The number of carbonyl (C=O) groups is 3. The molecule has 0 saturated carbocycles. The van der Waals surface area contributed by atoms with Crippen molar-refractivity contribution < 1.29 is 23.5 Å². The molecule has 1 saturated heterocycles. The van der Waals surface area contributed by atoms with Crippen molar-refractivity contribution in [3.63, 3.8) is 0 Å². The van der Waals surface area contributed by atoms with E-state index in [1.807, 2.05) is 6.92 Å². The zero-order valence-corrected chi connectivity index (χ0v) is 17.1. The van der Waals surface area contributed by atoms with E-state index in [1.165, 1.54) is 24.3 Å². The highest BCUT2D eigenvalue weighted by Crippen LogP contribution is 2.22. The van der Waals surface area contributed by atoms with Crippen molar-refractivity contribution in [2.75, 3.05) is 33.4 Å². The Bertz CT molecular complexity index is 688. The summed E-state index contributed by atoms with van der Waals surface area (Å²) in [7, 11) is 1.60. The molecule has 8 heteroatoms. The zero-order valence-electron chi connectivity index (χ0n) is 17.1. The normalized spacial score (nSPS) is 15.6. The fraction of sp³-hybridized carbons (Fsp3) is 0.571. The lowest BCUT2D eigenvalue weighted by Crippen LogP contribution is -2.54. The number of carbonyl (C=O) groups excluding carboxylic acids is 3. The smallest absolute Gasteiger partial charge is 0.251 e. The van der Waals surface area contributed by atoms with Gasteiger partial charge in [-0.2, -0.15) is 0 Å². The van der Waals surface area contributed by atoms with Crippen LogP contribution < -0.4 is 10.6 Å². The Morgan fingerprint density at radius 1 is 1.21 bits per heavy atom. The van der Waals surface area contributed by atoms with Gasteiger partial charge in [0, 0.05) is 45.3 Å². The number of nitrogens with one attached hydrogen (secondary N) is 2. The highest BCUT2D eigenvalue weighted by molar-refractivity contribution is 5.97. The summed E-state index contributed by atoms with van der Waals surface area (Å²) in [6.07, 6.45) is 2.39. The van der Waals surface area contributed by atoms with E-state index in [4.69, 9.17) is 4.74 Å². The van der Waals surface area contributed by atoms with Crippen LogP contribution in [0.5, 0.6) is 0 Å². The number of rotatable bonds is 9. The van der Waals surface area contributed by atoms with Gasteiger partial charge in [-0.15, -0.1) is 0 Å². The standard InChI is InChI=1S/C21H30FN3O4/c1-3-18(26)25-12-9-15(10-13-25)19(21(28)23-11-4-14-29-2)24-20(27)16-5-7-17(22)8-6-16/h5-8,15,19H,3-4,9-14H2,1-2H3,(H,23,28)(H,24,27)/t19-/m0/s1. The number of likely N-dealkylation sites (tertiary alicyclic amines) is 1. The summed E-state index contributed by atoms with van der Waals surface area (Å²) in [5.41, 5.74) is 0.294. The van der Waals surface area contributed by atoms with E-state index < -0.39 is 17.8 Å². The summed E-state index contributed by atoms with van der Waals surface area (Å²) in [6, 6.07) is 4.49. The molecular formula is C21H30FN3O4. The number of methoxy groups -OCH3 is 1. The summed E-state index contributed by atoms with van der Waals surface area (Å²) in [5, 5.41) is 5.66. The second-order valence-electron chi connectivity index (χ2n) is 7.17. The highest BCUT2D eigenvalue weighted by Gasteiger charge is 2.33. The average molecular weight is 407 g/mol. The van der Waals surface area contributed by atoms with Gasteiger partial charge in [-0.25, -0.2) is 4.39 Å². The molecule has 0 radical (unpaired) electrons. The highest BCUT2D eigenvalue weighted by atomic mass is 19.1. The summed E-state index contributed by atoms with van der Waals surface area (Å²) < 4.78 is 18.1. The molecule has 0 aliphatic carbocycles. The average Bonchev–Trinajstić information content (AvgIpc) is 2.74. The van der Waals surface area contributed by atoms with Crippen LogP contribution in [0.4, 0.5) is 4.39 Å². The maximum Gasteiger partial charge on any atom is 0.251 e. The first-order valence-corrected chi connectivity index (χ1v) is 10.1. The maximum absolute atomic E-state index is 13.1. The Balaban J connectivity index is 2.04. The van der Waals surface area contributed by atoms with Crippen molar-refractivity contribution in [1.29, 1.82) is 0 Å². The molecule has 2 rings (SSSR count). The van der Waals surface area contributed by atoms with Crippen molar-refractivity contribution in [2.24, 2.45) is 5.92 Å². The Labute approximate surface area is 171 Å². The molecular weight excluding hydrogens is 377 g/mol. The van der Waals surface area contributed by atoms with Crippen LogP contribution in [0.2, 0.25) is 0 Å². The van der Waals surface area contributed by atoms with Crippen molar-refractivity contribution in [2.45, 2.75) is 38.6 Å². The SMILES string of the molecule is CCC(=O)N1CCC([C@H](NC(=O)c2ccc(F)cc2)C(=O)NCCCOC)CC1. The molecule has 29 heavy (non-hydrogen) atoms. The third kappa shape index (κ3) is 6.81. The lowest BCUT2D eigenvalue weighted by Gasteiger charge is -2.35. The van der Waals surface area contributed by atoms with Crippen LogP contribution in [-0.2, 0) is 14.3 Å². The van der Waals surface area contributed by atoms with Gasteiger partial charge in [-0.1, -0.05) is 6.92 Å². The molecule has 3 amide bonds. The molecule has 1 aromatic rings. The monoisotopic (exact) mass is 407 g/mol. The number of hydrogen-bond acceptors (Lipinski definition) is 4. The van der Waals surface area contributed by atoms with Crippen molar-refractivity contribution in [3.05, 3.63) is 35.6 Å². The molecule has 1 aliphatic heterocycles. The van der Waals surface area contributed by atoms with Gasteiger partial charge >= 0.3 is 0 Å². The molecule has 1 heterocycles. The first-order valence-electron chi connectivity index (χ1n) is 10.1. The van der Waals surface area contributed by atoms with Crippen LogP contribution in [0.15, 0.2) is 24.3 Å². The van der Waals surface area contributed by atoms with E-state index in [2.05, 4.69) is 10.6 Å². The van der Waals surface area contributed by atoms with E-state index >= 15 is 0 Å². The van der Waals surface area contributed by atoms with E-state index in [9.17, 15) is 18.8 Å².